The Hall–Kier alpha value is -1.06. The van der Waals surface area contributed by atoms with Crippen molar-refractivity contribution in [3.8, 4) is 0 Å². The van der Waals surface area contributed by atoms with E-state index >= 15 is 0 Å². The molecule has 0 fully saturated rings. The molecule has 0 aliphatic carbocycles. The van der Waals surface area contributed by atoms with E-state index in [1.807, 2.05) is 0 Å². The van der Waals surface area contributed by atoms with E-state index in [-0.39, 0.29) is 30.9 Å². The fourth-order valence-corrected chi connectivity index (χ4v) is 2.05. The van der Waals surface area contributed by atoms with Crippen molar-refractivity contribution in [1.29, 1.82) is 0 Å². The van der Waals surface area contributed by atoms with Gasteiger partial charge in [-0.3, -0.25) is 4.79 Å². The quantitative estimate of drug-likeness (QED) is 0.844. The predicted octanol–water partition coefficient (Wildman–Crippen LogP) is 2.83. The first-order valence-corrected chi connectivity index (χ1v) is 6.66. The summed E-state index contributed by atoms with van der Waals surface area (Å²) < 4.78 is 0. The fraction of sp³-hybridized carbons (Fsp3) is 0.533. The molecule has 1 amide bonds. The Morgan fingerprint density at radius 1 is 1.26 bits per heavy atom. The minimum atomic E-state index is -0.105. The van der Waals surface area contributed by atoms with Crippen molar-refractivity contribution in [3.05, 3.63) is 35.4 Å². The highest BCUT2D eigenvalue weighted by atomic mass is 35.5. The molecule has 1 rings (SSSR count). The van der Waals surface area contributed by atoms with Gasteiger partial charge in [0.15, 0.2) is 0 Å². The van der Waals surface area contributed by atoms with Gasteiger partial charge in [-0.2, -0.15) is 0 Å². The molecule has 0 aliphatic heterocycles. The molecule has 0 spiro atoms. The van der Waals surface area contributed by atoms with Gasteiger partial charge in [0.25, 0.3) is 0 Å². The Balaban J connectivity index is 0.00000324. The molecule has 0 bridgehead atoms. The zero-order chi connectivity index (χ0) is 13.5. The van der Waals surface area contributed by atoms with Gasteiger partial charge in [0, 0.05) is 0 Å². The average Bonchev–Trinajstić information content (AvgIpc) is 2.37. The van der Waals surface area contributed by atoms with E-state index in [0.29, 0.717) is 5.92 Å². The Bertz CT molecular complexity index is 376. The number of amides is 1. The molecule has 4 heteroatoms. The zero-order valence-corrected chi connectivity index (χ0v) is 12.8. The van der Waals surface area contributed by atoms with Crippen molar-refractivity contribution in [1.82, 2.24) is 5.32 Å². The van der Waals surface area contributed by atoms with Gasteiger partial charge in [0.05, 0.1) is 12.6 Å². The second-order valence-corrected chi connectivity index (χ2v) is 4.98. The average molecular weight is 285 g/mol. The van der Waals surface area contributed by atoms with Gasteiger partial charge in [0.2, 0.25) is 5.91 Å². The highest BCUT2D eigenvalue weighted by Crippen LogP contribution is 2.22. The van der Waals surface area contributed by atoms with Crippen molar-refractivity contribution in [3.63, 3.8) is 0 Å². The van der Waals surface area contributed by atoms with Crippen LogP contribution < -0.4 is 11.1 Å². The van der Waals surface area contributed by atoms with Crippen LogP contribution >= 0.6 is 12.4 Å². The lowest BCUT2D eigenvalue weighted by Gasteiger charge is -2.23. The summed E-state index contributed by atoms with van der Waals surface area (Å²) in [5.74, 6) is 0.240. The van der Waals surface area contributed by atoms with Crippen LogP contribution in [0.5, 0.6) is 0 Å². The van der Waals surface area contributed by atoms with E-state index in [4.69, 9.17) is 5.73 Å². The largest absolute Gasteiger partial charge is 0.348 e. The maximum Gasteiger partial charge on any atom is 0.234 e. The third-order valence-corrected chi connectivity index (χ3v) is 3.05. The summed E-state index contributed by atoms with van der Waals surface area (Å²) in [5.41, 5.74) is 7.84. The Kier molecular flexibility index (Phi) is 8.44. The van der Waals surface area contributed by atoms with E-state index in [2.05, 4.69) is 50.4 Å². The number of carbonyl (C=O) groups is 1. The Labute approximate surface area is 122 Å². The maximum absolute atomic E-state index is 11.4. The molecule has 0 heterocycles. The molecule has 3 N–H and O–H groups in total. The molecular weight excluding hydrogens is 260 g/mol. The molecule has 1 unspecified atom stereocenters. The lowest BCUT2D eigenvalue weighted by molar-refractivity contribution is -0.120. The van der Waals surface area contributed by atoms with Crippen molar-refractivity contribution >= 4 is 18.3 Å². The molecule has 0 aromatic heterocycles. The summed E-state index contributed by atoms with van der Waals surface area (Å²) in [6.45, 7) is 6.41. The van der Waals surface area contributed by atoms with E-state index in [1.54, 1.807) is 0 Å². The van der Waals surface area contributed by atoms with Crippen LogP contribution in [-0.4, -0.2) is 12.5 Å². The number of aryl methyl sites for hydroxylation is 1. The van der Waals surface area contributed by atoms with E-state index < -0.39 is 0 Å². The number of hydrogen-bond donors (Lipinski definition) is 2. The fourth-order valence-electron chi connectivity index (χ4n) is 2.05. The van der Waals surface area contributed by atoms with Crippen molar-refractivity contribution in [2.45, 2.75) is 39.7 Å². The van der Waals surface area contributed by atoms with Gasteiger partial charge in [-0.25, -0.2) is 0 Å². The van der Waals surface area contributed by atoms with Crippen LogP contribution in [0.2, 0.25) is 0 Å². The third-order valence-electron chi connectivity index (χ3n) is 3.05. The zero-order valence-electron chi connectivity index (χ0n) is 12.0. The first-order chi connectivity index (χ1) is 8.58. The second-order valence-electron chi connectivity index (χ2n) is 4.98. The van der Waals surface area contributed by atoms with Crippen LogP contribution in [0.4, 0.5) is 0 Å². The summed E-state index contributed by atoms with van der Waals surface area (Å²) in [6, 6.07) is 8.53. The molecule has 19 heavy (non-hydrogen) atoms. The topological polar surface area (TPSA) is 55.1 Å². The number of benzene rings is 1. The second kappa shape index (κ2) is 8.94. The van der Waals surface area contributed by atoms with Crippen molar-refractivity contribution in [2.75, 3.05) is 6.54 Å². The van der Waals surface area contributed by atoms with Crippen molar-refractivity contribution < 1.29 is 4.79 Å². The van der Waals surface area contributed by atoms with E-state index in [0.717, 1.165) is 18.4 Å². The third kappa shape index (κ3) is 5.62. The standard InChI is InChI=1S/C15H24N2O.ClH/c1-4-5-12-6-8-13(9-7-12)15(11(2)3)17-14(18)10-16;/h6-9,11,15H,4-5,10,16H2,1-3H3,(H,17,18);1H. The molecule has 0 saturated heterocycles. The van der Waals surface area contributed by atoms with Crippen molar-refractivity contribution in [2.24, 2.45) is 11.7 Å². The molecule has 0 radical (unpaired) electrons. The van der Waals surface area contributed by atoms with Gasteiger partial charge in [-0.1, -0.05) is 51.5 Å². The molecular formula is C15H25ClN2O. The van der Waals surface area contributed by atoms with Crippen LogP contribution in [0.3, 0.4) is 0 Å². The summed E-state index contributed by atoms with van der Waals surface area (Å²) in [6.07, 6.45) is 2.25. The van der Waals surface area contributed by atoms with Crippen LogP contribution in [0.15, 0.2) is 24.3 Å². The highest BCUT2D eigenvalue weighted by molar-refractivity contribution is 5.85. The number of hydrogen-bond acceptors (Lipinski definition) is 2. The van der Waals surface area contributed by atoms with Gasteiger partial charge >= 0.3 is 0 Å². The Morgan fingerprint density at radius 2 is 1.84 bits per heavy atom. The van der Waals surface area contributed by atoms with Gasteiger partial charge in [-0.15, -0.1) is 12.4 Å². The number of nitrogens with one attached hydrogen (secondary N) is 1. The number of carbonyl (C=O) groups excluding carboxylic acids is 1. The molecule has 0 saturated carbocycles. The minimum Gasteiger partial charge on any atom is -0.348 e. The highest BCUT2D eigenvalue weighted by Gasteiger charge is 2.17. The number of nitrogens with two attached hydrogens (primary N) is 1. The lowest BCUT2D eigenvalue weighted by Crippen LogP contribution is -2.36. The van der Waals surface area contributed by atoms with E-state index in [9.17, 15) is 4.79 Å². The summed E-state index contributed by atoms with van der Waals surface area (Å²) >= 11 is 0. The molecule has 1 atom stereocenters. The van der Waals surface area contributed by atoms with E-state index in [1.165, 1.54) is 5.56 Å². The first kappa shape index (κ1) is 17.9. The smallest absolute Gasteiger partial charge is 0.234 e. The first-order valence-electron chi connectivity index (χ1n) is 6.66. The Morgan fingerprint density at radius 3 is 2.26 bits per heavy atom. The summed E-state index contributed by atoms with van der Waals surface area (Å²) in [4.78, 5) is 11.4. The molecule has 1 aromatic carbocycles. The van der Waals surface area contributed by atoms with Crippen LogP contribution in [0, 0.1) is 5.92 Å². The van der Waals surface area contributed by atoms with Crippen LogP contribution in [0.1, 0.15) is 44.4 Å². The SMILES string of the molecule is CCCc1ccc(C(NC(=O)CN)C(C)C)cc1.Cl. The summed E-state index contributed by atoms with van der Waals surface area (Å²) in [7, 11) is 0. The maximum atomic E-state index is 11.4. The normalized spacial score (nSPS) is 11.8. The monoisotopic (exact) mass is 284 g/mol. The van der Waals surface area contributed by atoms with Crippen LogP contribution in [0.25, 0.3) is 0 Å². The predicted molar refractivity (Wildman–Crippen MR) is 82.5 cm³/mol. The molecule has 0 aliphatic rings. The molecule has 108 valence electrons. The number of halogens is 1. The molecule has 1 aromatic rings. The number of rotatable bonds is 6. The summed E-state index contributed by atoms with van der Waals surface area (Å²) in [5, 5.41) is 2.97. The molecule has 3 nitrogen and oxygen atoms in total. The minimum absolute atomic E-state index is 0. The van der Waals surface area contributed by atoms with Crippen LogP contribution in [-0.2, 0) is 11.2 Å². The van der Waals surface area contributed by atoms with Gasteiger partial charge in [-0.05, 0) is 23.5 Å². The lowest BCUT2D eigenvalue weighted by atomic mass is 9.94. The van der Waals surface area contributed by atoms with Gasteiger partial charge in [0.1, 0.15) is 0 Å². The van der Waals surface area contributed by atoms with Gasteiger partial charge < -0.3 is 11.1 Å².